The van der Waals surface area contributed by atoms with Gasteiger partial charge in [0.1, 0.15) is 6.04 Å². The first-order chi connectivity index (χ1) is 8.91. The molecule has 0 heterocycles. The summed E-state index contributed by atoms with van der Waals surface area (Å²) >= 11 is 0. The van der Waals surface area contributed by atoms with Crippen molar-refractivity contribution in [2.75, 3.05) is 0 Å². The summed E-state index contributed by atoms with van der Waals surface area (Å²) in [4.78, 5) is 22.8. The topological polar surface area (TPSA) is 75.6 Å². The molecule has 1 unspecified atom stereocenters. The minimum absolute atomic E-state index is 0.290. The van der Waals surface area contributed by atoms with Gasteiger partial charge in [0.05, 0.1) is 6.10 Å². The summed E-state index contributed by atoms with van der Waals surface area (Å²) in [6.07, 6.45) is -1.01. The number of aliphatic carboxylic acids is 1. The Labute approximate surface area is 112 Å². The van der Waals surface area contributed by atoms with Crippen LogP contribution in [0.5, 0.6) is 0 Å². The smallest absolute Gasteiger partial charge is 0.408 e. The summed E-state index contributed by atoms with van der Waals surface area (Å²) in [7, 11) is 0. The lowest BCUT2D eigenvalue weighted by Gasteiger charge is -2.22. The summed E-state index contributed by atoms with van der Waals surface area (Å²) in [5, 5.41) is 11.6. The zero-order valence-electron chi connectivity index (χ0n) is 11.3. The average Bonchev–Trinajstić information content (AvgIpc) is 2.35. The quantitative estimate of drug-likeness (QED) is 0.857. The van der Waals surface area contributed by atoms with E-state index in [-0.39, 0.29) is 12.0 Å². The summed E-state index contributed by atoms with van der Waals surface area (Å²) in [6, 6.07) is 8.15. The Morgan fingerprint density at radius 2 is 1.74 bits per heavy atom. The van der Waals surface area contributed by atoms with Crippen molar-refractivity contribution in [3.8, 4) is 0 Å². The van der Waals surface area contributed by atoms with E-state index >= 15 is 0 Å². The molecule has 1 amide bonds. The molecule has 2 atom stereocenters. The van der Waals surface area contributed by atoms with E-state index in [0.717, 1.165) is 5.56 Å². The maximum atomic E-state index is 11.5. The Bertz CT molecular complexity index is 430. The van der Waals surface area contributed by atoms with Crippen LogP contribution in [0.4, 0.5) is 4.79 Å². The third-order valence-electron chi connectivity index (χ3n) is 2.71. The highest BCUT2D eigenvalue weighted by molar-refractivity contribution is 5.81. The number of alkyl carbamates (subject to hydrolysis) is 1. The SMILES string of the molecule is CC(C)OC(=O)N[C@H](C(=O)O)C(C)c1ccccc1. The number of hydrogen-bond donors (Lipinski definition) is 2. The molecule has 2 N–H and O–H groups in total. The molecule has 0 spiro atoms. The minimum Gasteiger partial charge on any atom is -0.480 e. The van der Waals surface area contributed by atoms with Crippen molar-refractivity contribution < 1.29 is 19.4 Å². The molecule has 0 aromatic heterocycles. The third kappa shape index (κ3) is 4.62. The average molecular weight is 265 g/mol. The number of rotatable bonds is 5. The van der Waals surface area contributed by atoms with Gasteiger partial charge >= 0.3 is 12.1 Å². The van der Waals surface area contributed by atoms with Gasteiger partial charge < -0.3 is 15.2 Å². The number of carboxylic acids is 1. The molecule has 0 radical (unpaired) electrons. The molecule has 0 aliphatic carbocycles. The van der Waals surface area contributed by atoms with Crippen LogP contribution in [0.15, 0.2) is 30.3 Å². The molecular formula is C14H19NO4. The molecule has 104 valence electrons. The van der Waals surface area contributed by atoms with E-state index < -0.39 is 18.1 Å². The van der Waals surface area contributed by atoms with Crippen molar-refractivity contribution >= 4 is 12.1 Å². The number of carboxylic acid groups (broad SMARTS) is 1. The molecule has 1 aromatic carbocycles. The number of carbonyl (C=O) groups excluding carboxylic acids is 1. The molecule has 19 heavy (non-hydrogen) atoms. The number of benzene rings is 1. The van der Waals surface area contributed by atoms with Gasteiger partial charge in [0.2, 0.25) is 0 Å². The van der Waals surface area contributed by atoms with Crippen LogP contribution in [0.1, 0.15) is 32.3 Å². The highest BCUT2D eigenvalue weighted by Crippen LogP contribution is 2.19. The van der Waals surface area contributed by atoms with E-state index in [4.69, 9.17) is 4.74 Å². The summed E-state index contributed by atoms with van der Waals surface area (Å²) in [6.45, 7) is 5.16. The van der Waals surface area contributed by atoms with Gasteiger partial charge in [-0.1, -0.05) is 37.3 Å². The van der Waals surface area contributed by atoms with Crippen LogP contribution in [-0.4, -0.2) is 29.3 Å². The van der Waals surface area contributed by atoms with Gasteiger partial charge in [-0.05, 0) is 19.4 Å². The molecular weight excluding hydrogens is 246 g/mol. The van der Waals surface area contributed by atoms with Crippen LogP contribution in [-0.2, 0) is 9.53 Å². The maximum Gasteiger partial charge on any atom is 0.408 e. The molecule has 0 bridgehead atoms. The standard InChI is InChI=1S/C14H19NO4/c1-9(2)19-14(18)15-12(13(16)17)10(3)11-7-5-4-6-8-11/h4-10,12H,1-3H3,(H,15,18)(H,16,17)/t10?,12-/m0/s1. The zero-order chi connectivity index (χ0) is 14.4. The van der Waals surface area contributed by atoms with E-state index in [1.54, 1.807) is 20.8 Å². The Kier molecular flexibility index (Phi) is 5.36. The largest absolute Gasteiger partial charge is 0.480 e. The first-order valence-electron chi connectivity index (χ1n) is 6.16. The summed E-state index contributed by atoms with van der Waals surface area (Å²) in [5.41, 5.74) is 0.847. The molecule has 0 aliphatic heterocycles. The Morgan fingerprint density at radius 1 is 1.16 bits per heavy atom. The Hall–Kier alpha value is -2.04. The minimum atomic E-state index is -1.09. The summed E-state index contributed by atoms with van der Waals surface area (Å²) < 4.78 is 4.90. The molecule has 1 aromatic rings. The second-order valence-electron chi connectivity index (χ2n) is 4.61. The number of amides is 1. The molecule has 0 aliphatic rings. The van der Waals surface area contributed by atoms with Crippen LogP contribution < -0.4 is 5.32 Å². The highest BCUT2D eigenvalue weighted by Gasteiger charge is 2.28. The second-order valence-corrected chi connectivity index (χ2v) is 4.61. The first-order valence-corrected chi connectivity index (χ1v) is 6.16. The Balaban J connectivity index is 2.78. The normalized spacial score (nSPS) is 13.7. The molecule has 0 fully saturated rings. The number of nitrogens with one attached hydrogen (secondary N) is 1. The molecule has 5 heteroatoms. The van der Waals surface area contributed by atoms with Crippen LogP contribution >= 0.6 is 0 Å². The van der Waals surface area contributed by atoms with E-state index in [1.165, 1.54) is 0 Å². The van der Waals surface area contributed by atoms with Crippen molar-refractivity contribution in [1.82, 2.24) is 5.32 Å². The van der Waals surface area contributed by atoms with E-state index in [9.17, 15) is 14.7 Å². The molecule has 1 rings (SSSR count). The lowest BCUT2D eigenvalue weighted by molar-refractivity contribution is -0.139. The van der Waals surface area contributed by atoms with Crippen LogP contribution in [0, 0.1) is 0 Å². The lowest BCUT2D eigenvalue weighted by atomic mass is 9.93. The van der Waals surface area contributed by atoms with Crippen molar-refractivity contribution in [2.24, 2.45) is 0 Å². The molecule has 0 saturated heterocycles. The van der Waals surface area contributed by atoms with Crippen LogP contribution in [0.2, 0.25) is 0 Å². The van der Waals surface area contributed by atoms with Gasteiger partial charge in [0, 0.05) is 5.92 Å². The fourth-order valence-corrected chi connectivity index (χ4v) is 1.72. The van der Waals surface area contributed by atoms with Crippen LogP contribution in [0.25, 0.3) is 0 Å². The van der Waals surface area contributed by atoms with Gasteiger partial charge in [-0.2, -0.15) is 0 Å². The Morgan fingerprint density at radius 3 is 2.21 bits per heavy atom. The molecule has 5 nitrogen and oxygen atoms in total. The van der Waals surface area contributed by atoms with E-state index in [0.29, 0.717) is 0 Å². The van der Waals surface area contributed by atoms with Crippen molar-refractivity contribution in [2.45, 2.75) is 38.8 Å². The first kappa shape index (κ1) is 15.0. The van der Waals surface area contributed by atoms with Crippen LogP contribution in [0.3, 0.4) is 0 Å². The third-order valence-corrected chi connectivity index (χ3v) is 2.71. The number of ether oxygens (including phenoxy) is 1. The van der Waals surface area contributed by atoms with Gasteiger partial charge in [-0.3, -0.25) is 0 Å². The monoisotopic (exact) mass is 265 g/mol. The van der Waals surface area contributed by atoms with Crippen molar-refractivity contribution in [1.29, 1.82) is 0 Å². The van der Waals surface area contributed by atoms with E-state index in [1.807, 2.05) is 30.3 Å². The van der Waals surface area contributed by atoms with Crippen molar-refractivity contribution in [3.63, 3.8) is 0 Å². The fourth-order valence-electron chi connectivity index (χ4n) is 1.72. The van der Waals surface area contributed by atoms with Gasteiger partial charge in [0.15, 0.2) is 0 Å². The second kappa shape index (κ2) is 6.78. The summed E-state index contributed by atoms with van der Waals surface area (Å²) in [5.74, 6) is -1.43. The number of hydrogen-bond acceptors (Lipinski definition) is 3. The number of carbonyl (C=O) groups is 2. The fraction of sp³-hybridized carbons (Fsp3) is 0.429. The van der Waals surface area contributed by atoms with Crippen molar-refractivity contribution in [3.05, 3.63) is 35.9 Å². The zero-order valence-corrected chi connectivity index (χ0v) is 11.3. The highest BCUT2D eigenvalue weighted by atomic mass is 16.6. The van der Waals surface area contributed by atoms with Gasteiger partial charge in [0.25, 0.3) is 0 Å². The predicted molar refractivity (Wildman–Crippen MR) is 71.0 cm³/mol. The maximum absolute atomic E-state index is 11.5. The molecule has 0 saturated carbocycles. The predicted octanol–water partition coefficient (Wildman–Crippen LogP) is 2.38. The van der Waals surface area contributed by atoms with Gasteiger partial charge in [-0.15, -0.1) is 0 Å². The van der Waals surface area contributed by atoms with E-state index in [2.05, 4.69) is 5.32 Å². The van der Waals surface area contributed by atoms with Gasteiger partial charge in [-0.25, -0.2) is 9.59 Å². The lowest BCUT2D eigenvalue weighted by Crippen LogP contribution is -2.45.